The fourth-order valence-electron chi connectivity index (χ4n) is 4.29. The number of rotatable bonds is 4. The van der Waals surface area contributed by atoms with Crippen molar-refractivity contribution in [2.75, 3.05) is 0 Å². The molecule has 8 heteroatoms. The highest BCUT2D eigenvalue weighted by Gasteiger charge is 2.46. The zero-order valence-corrected chi connectivity index (χ0v) is 18.1. The third-order valence-electron chi connectivity index (χ3n) is 5.92. The molecule has 1 saturated heterocycles. The van der Waals surface area contributed by atoms with Crippen molar-refractivity contribution < 1.29 is 14.7 Å². The molecule has 8 nitrogen and oxygen atoms in total. The lowest BCUT2D eigenvalue weighted by molar-refractivity contribution is -0.140. The van der Waals surface area contributed by atoms with Crippen molar-refractivity contribution in [2.45, 2.75) is 26.4 Å². The van der Waals surface area contributed by atoms with Gasteiger partial charge in [-0.25, -0.2) is 4.98 Å². The van der Waals surface area contributed by atoms with Crippen molar-refractivity contribution in [3.05, 3.63) is 101 Å². The number of aryl methyl sites for hydroxylation is 2. The summed E-state index contributed by atoms with van der Waals surface area (Å²) in [5, 5.41) is 11.4. The second kappa shape index (κ2) is 7.98. The predicted molar refractivity (Wildman–Crippen MR) is 121 cm³/mol. The van der Waals surface area contributed by atoms with Gasteiger partial charge in [-0.3, -0.25) is 19.6 Å². The highest BCUT2D eigenvalue weighted by molar-refractivity contribution is 6.46. The molecule has 4 aromatic heterocycles. The number of amides is 1. The molecule has 1 aliphatic heterocycles. The summed E-state index contributed by atoms with van der Waals surface area (Å²) in [6, 6.07) is 10.1. The van der Waals surface area contributed by atoms with Gasteiger partial charge in [0, 0.05) is 37.5 Å². The maximum absolute atomic E-state index is 13.2. The maximum atomic E-state index is 13.2. The summed E-state index contributed by atoms with van der Waals surface area (Å²) in [5.41, 5.74) is 3.96. The van der Waals surface area contributed by atoms with E-state index < -0.39 is 17.7 Å². The molecule has 164 valence electrons. The Morgan fingerprint density at radius 1 is 1.03 bits per heavy atom. The van der Waals surface area contributed by atoms with E-state index in [1.165, 1.54) is 4.90 Å². The van der Waals surface area contributed by atoms with E-state index in [1.807, 2.05) is 42.6 Å². The number of aromatic nitrogens is 4. The topological polar surface area (TPSA) is 101 Å². The molecule has 5 rings (SSSR count). The van der Waals surface area contributed by atoms with Gasteiger partial charge in [0.15, 0.2) is 5.76 Å². The number of Topliss-reactive ketones (excluding diaryl/α,β-unsaturated/α-hetero) is 1. The number of pyridine rings is 3. The van der Waals surface area contributed by atoms with Crippen molar-refractivity contribution in [1.29, 1.82) is 0 Å². The number of carbonyl (C=O) groups is 2. The second-order valence-corrected chi connectivity index (χ2v) is 8.01. The van der Waals surface area contributed by atoms with Gasteiger partial charge in [0.1, 0.15) is 11.3 Å². The van der Waals surface area contributed by atoms with E-state index in [1.54, 1.807) is 43.0 Å². The first kappa shape index (κ1) is 20.6. The molecule has 0 spiro atoms. The predicted octanol–water partition coefficient (Wildman–Crippen LogP) is 3.36. The van der Waals surface area contributed by atoms with E-state index >= 15 is 0 Å². The summed E-state index contributed by atoms with van der Waals surface area (Å²) >= 11 is 0. The van der Waals surface area contributed by atoms with Crippen LogP contribution in [-0.4, -0.2) is 41.0 Å². The first-order chi connectivity index (χ1) is 16.0. The first-order valence-electron chi connectivity index (χ1n) is 10.5. The highest BCUT2D eigenvalue weighted by Crippen LogP contribution is 2.40. The Hall–Kier alpha value is -4.33. The Balaban J connectivity index is 1.70. The van der Waals surface area contributed by atoms with Crippen molar-refractivity contribution >= 4 is 23.1 Å². The third-order valence-corrected chi connectivity index (χ3v) is 5.92. The molecule has 0 radical (unpaired) electrons. The number of likely N-dealkylation sites (tertiary alicyclic amines) is 1. The molecule has 0 aromatic carbocycles. The Labute approximate surface area is 189 Å². The number of aliphatic hydroxyl groups is 1. The molecule has 5 heterocycles. The molecule has 33 heavy (non-hydrogen) atoms. The zero-order valence-electron chi connectivity index (χ0n) is 18.1. The van der Waals surface area contributed by atoms with Crippen molar-refractivity contribution in [2.24, 2.45) is 0 Å². The molecule has 1 atom stereocenters. The molecule has 0 bridgehead atoms. The van der Waals surface area contributed by atoms with E-state index in [0.717, 1.165) is 11.1 Å². The van der Waals surface area contributed by atoms with Crippen LogP contribution >= 0.6 is 0 Å². The smallest absolute Gasteiger partial charge is 0.295 e. The quantitative estimate of drug-likeness (QED) is 0.297. The molecular weight excluding hydrogens is 418 g/mol. The SMILES string of the molecule is Cc1cccn2c(C)c(/C(O)=C3\C(=O)C(=O)N(Cc4cccnc4)C3c3cccnc3)nc12. The minimum atomic E-state index is -0.802. The Morgan fingerprint density at radius 2 is 1.79 bits per heavy atom. The summed E-state index contributed by atoms with van der Waals surface area (Å²) in [6.45, 7) is 3.91. The second-order valence-electron chi connectivity index (χ2n) is 8.01. The van der Waals surface area contributed by atoms with Crippen LogP contribution in [0.5, 0.6) is 0 Å². The summed E-state index contributed by atoms with van der Waals surface area (Å²) in [7, 11) is 0. The van der Waals surface area contributed by atoms with Gasteiger partial charge in [-0.1, -0.05) is 18.2 Å². The van der Waals surface area contributed by atoms with Gasteiger partial charge in [0.25, 0.3) is 11.7 Å². The molecular formula is C25H21N5O3. The number of fused-ring (bicyclic) bond motifs is 1. The Morgan fingerprint density at radius 3 is 2.45 bits per heavy atom. The van der Waals surface area contributed by atoms with Gasteiger partial charge < -0.3 is 14.4 Å². The largest absolute Gasteiger partial charge is 0.505 e. The van der Waals surface area contributed by atoms with E-state index in [-0.39, 0.29) is 23.6 Å². The maximum Gasteiger partial charge on any atom is 0.295 e. The van der Waals surface area contributed by atoms with E-state index in [0.29, 0.717) is 16.9 Å². The number of imidazole rings is 1. The average molecular weight is 439 g/mol. The number of ketones is 1. The fraction of sp³-hybridized carbons (Fsp3) is 0.160. The van der Waals surface area contributed by atoms with Crippen molar-refractivity contribution in [1.82, 2.24) is 24.3 Å². The van der Waals surface area contributed by atoms with E-state index in [2.05, 4.69) is 15.0 Å². The number of aliphatic hydroxyl groups excluding tert-OH is 1. The Kier molecular flexibility index (Phi) is 4.97. The van der Waals surface area contributed by atoms with Gasteiger partial charge >= 0.3 is 0 Å². The molecule has 1 N–H and O–H groups in total. The van der Waals surface area contributed by atoms with Crippen LogP contribution in [0.2, 0.25) is 0 Å². The minimum Gasteiger partial charge on any atom is -0.505 e. The minimum absolute atomic E-state index is 0.000972. The summed E-state index contributed by atoms with van der Waals surface area (Å²) < 4.78 is 1.86. The number of hydrogen-bond acceptors (Lipinski definition) is 6. The lowest BCUT2D eigenvalue weighted by atomic mass is 9.97. The molecule has 0 saturated carbocycles. The first-order valence-corrected chi connectivity index (χ1v) is 10.5. The standard InChI is InChI=1S/C25H21N5O3/c1-15-6-5-11-29-16(2)20(28-24(15)29)22(31)19-21(18-8-4-10-27-13-18)30(25(33)23(19)32)14-17-7-3-9-26-12-17/h3-13,21,31H,14H2,1-2H3/b22-19+. The zero-order chi connectivity index (χ0) is 23.1. The van der Waals surface area contributed by atoms with E-state index in [9.17, 15) is 14.7 Å². The van der Waals surface area contributed by atoms with Gasteiger partial charge in [0.05, 0.1) is 17.3 Å². The lowest BCUT2D eigenvalue weighted by Gasteiger charge is -2.24. The van der Waals surface area contributed by atoms with Gasteiger partial charge in [-0.15, -0.1) is 0 Å². The van der Waals surface area contributed by atoms with Gasteiger partial charge in [-0.2, -0.15) is 0 Å². The third kappa shape index (κ3) is 3.36. The lowest BCUT2D eigenvalue weighted by Crippen LogP contribution is -2.29. The van der Waals surface area contributed by atoms with Crippen LogP contribution in [0.1, 0.15) is 34.1 Å². The van der Waals surface area contributed by atoms with Crippen LogP contribution in [0.15, 0.2) is 73.0 Å². The molecule has 1 aliphatic rings. The molecule has 4 aromatic rings. The molecule has 1 amide bonds. The van der Waals surface area contributed by atoms with Crippen LogP contribution < -0.4 is 0 Å². The van der Waals surface area contributed by atoms with Crippen LogP contribution in [0.3, 0.4) is 0 Å². The number of hydrogen-bond donors (Lipinski definition) is 1. The van der Waals surface area contributed by atoms with Crippen LogP contribution in [-0.2, 0) is 16.1 Å². The van der Waals surface area contributed by atoms with Crippen LogP contribution in [0.25, 0.3) is 11.4 Å². The number of carbonyl (C=O) groups excluding carboxylic acids is 2. The number of nitrogens with zero attached hydrogens (tertiary/aromatic N) is 5. The molecule has 1 unspecified atom stereocenters. The average Bonchev–Trinajstić information content (AvgIpc) is 3.30. The molecule has 0 aliphatic carbocycles. The van der Waals surface area contributed by atoms with Crippen molar-refractivity contribution in [3.63, 3.8) is 0 Å². The van der Waals surface area contributed by atoms with Gasteiger partial charge in [0.2, 0.25) is 0 Å². The summed E-state index contributed by atoms with van der Waals surface area (Å²) in [6.07, 6.45) is 8.35. The van der Waals surface area contributed by atoms with E-state index in [4.69, 9.17) is 0 Å². The molecule has 1 fully saturated rings. The fourth-order valence-corrected chi connectivity index (χ4v) is 4.29. The normalized spacial score (nSPS) is 17.8. The Bertz CT molecular complexity index is 1410. The summed E-state index contributed by atoms with van der Waals surface area (Å²) in [5.74, 6) is -1.73. The van der Waals surface area contributed by atoms with Gasteiger partial charge in [-0.05, 0) is 48.7 Å². The summed E-state index contributed by atoms with van der Waals surface area (Å²) in [4.78, 5) is 40.6. The monoisotopic (exact) mass is 439 g/mol. The van der Waals surface area contributed by atoms with Crippen molar-refractivity contribution in [3.8, 4) is 0 Å². The van der Waals surface area contributed by atoms with Crippen LogP contribution in [0, 0.1) is 13.8 Å². The van der Waals surface area contributed by atoms with Crippen LogP contribution in [0.4, 0.5) is 0 Å². The highest BCUT2D eigenvalue weighted by atomic mass is 16.3.